The highest BCUT2D eigenvalue weighted by Gasteiger charge is 2.22. The zero-order valence-electron chi connectivity index (χ0n) is 15.6. The van der Waals surface area contributed by atoms with Gasteiger partial charge in [0.1, 0.15) is 19.0 Å². The lowest BCUT2D eigenvalue weighted by molar-refractivity contribution is -0.133. The molecule has 0 spiro atoms. The molecule has 0 bridgehead atoms. The van der Waals surface area contributed by atoms with E-state index in [4.69, 9.17) is 18.9 Å². The van der Waals surface area contributed by atoms with E-state index in [1.165, 1.54) is 36.3 Å². The number of fused-ring (bicyclic) bond motifs is 1. The van der Waals surface area contributed by atoms with E-state index in [1.807, 2.05) is 0 Å². The fraction of sp³-hybridized carbons (Fsp3) is 0.300. The van der Waals surface area contributed by atoms with Crippen LogP contribution in [0.4, 0.5) is 4.39 Å². The third kappa shape index (κ3) is 4.51. The summed E-state index contributed by atoms with van der Waals surface area (Å²) in [5.74, 6) is -0.246. The maximum Gasteiger partial charge on any atom is 0.338 e. The van der Waals surface area contributed by atoms with Crippen molar-refractivity contribution in [2.45, 2.75) is 6.54 Å². The van der Waals surface area contributed by atoms with Gasteiger partial charge >= 0.3 is 5.97 Å². The standard InChI is InChI=1S/C20H20FNO6/c1-22(11-13-3-5-15(21)6-4-13)18(23)12-28-20(24)14-9-16(25-2)19-17(10-14)26-7-8-27-19/h3-6,9-10H,7-8,11-12H2,1-2H3. The first-order chi connectivity index (χ1) is 13.5. The van der Waals surface area contributed by atoms with Gasteiger partial charge in [0.15, 0.2) is 18.1 Å². The number of carbonyl (C=O) groups excluding carboxylic acids is 2. The maximum atomic E-state index is 12.9. The molecule has 28 heavy (non-hydrogen) atoms. The molecule has 0 saturated carbocycles. The Morgan fingerprint density at radius 1 is 1.14 bits per heavy atom. The van der Waals surface area contributed by atoms with Gasteiger partial charge in [-0.2, -0.15) is 0 Å². The molecule has 0 atom stereocenters. The van der Waals surface area contributed by atoms with Crippen molar-refractivity contribution in [1.82, 2.24) is 4.90 Å². The molecular weight excluding hydrogens is 369 g/mol. The topological polar surface area (TPSA) is 74.3 Å². The SMILES string of the molecule is COc1cc(C(=O)OCC(=O)N(C)Cc2ccc(F)cc2)cc2c1OCCO2. The number of methoxy groups -OCH3 is 1. The molecule has 0 aliphatic carbocycles. The first kappa shape index (κ1) is 19.5. The number of halogens is 1. The zero-order valence-corrected chi connectivity index (χ0v) is 15.6. The molecule has 3 rings (SSSR count). The minimum atomic E-state index is -0.682. The monoisotopic (exact) mass is 389 g/mol. The Balaban J connectivity index is 1.60. The van der Waals surface area contributed by atoms with Crippen LogP contribution in [0.2, 0.25) is 0 Å². The number of nitrogens with zero attached hydrogens (tertiary/aromatic N) is 1. The fourth-order valence-electron chi connectivity index (χ4n) is 2.66. The number of benzene rings is 2. The summed E-state index contributed by atoms with van der Waals surface area (Å²) in [6.07, 6.45) is 0. The molecule has 2 aromatic carbocycles. The average Bonchev–Trinajstić information content (AvgIpc) is 2.72. The molecule has 0 unspecified atom stereocenters. The van der Waals surface area contributed by atoms with E-state index in [9.17, 15) is 14.0 Å². The number of amides is 1. The number of likely N-dealkylation sites (N-methyl/N-ethyl adjacent to an activating group) is 1. The molecule has 2 aromatic rings. The van der Waals surface area contributed by atoms with Crippen molar-refractivity contribution in [3.8, 4) is 17.2 Å². The minimum absolute atomic E-state index is 0.190. The van der Waals surface area contributed by atoms with Crippen LogP contribution in [0, 0.1) is 5.82 Å². The minimum Gasteiger partial charge on any atom is -0.493 e. The van der Waals surface area contributed by atoms with Crippen LogP contribution < -0.4 is 14.2 Å². The van der Waals surface area contributed by atoms with Gasteiger partial charge in [-0.3, -0.25) is 4.79 Å². The van der Waals surface area contributed by atoms with Gasteiger partial charge in [0.2, 0.25) is 5.75 Å². The van der Waals surface area contributed by atoms with E-state index >= 15 is 0 Å². The summed E-state index contributed by atoms with van der Waals surface area (Å²) in [6.45, 7) is 0.602. The van der Waals surface area contributed by atoms with Crippen LogP contribution in [-0.2, 0) is 16.1 Å². The van der Waals surface area contributed by atoms with E-state index in [1.54, 1.807) is 19.2 Å². The number of rotatable bonds is 6. The van der Waals surface area contributed by atoms with Crippen LogP contribution >= 0.6 is 0 Å². The number of esters is 1. The normalized spacial score (nSPS) is 12.2. The van der Waals surface area contributed by atoms with Crippen LogP contribution in [0.25, 0.3) is 0 Å². The second kappa shape index (κ2) is 8.60. The number of ether oxygens (including phenoxy) is 4. The Labute approximate surface area is 161 Å². The predicted octanol–water partition coefficient (Wildman–Crippen LogP) is 2.42. The Bertz CT molecular complexity index is 850. The van der Waals surface area contributed by atoms with Gasteiger partial charge in [-0.25, -0.2) is 9.18 Å². The molecule has 0 N–H and O–H groups in total. The van der Waals surface area contributed by atoms with Crippen LogP contribution in [0.1, 0.15) is 15.9 Å². The lowest BCUT2D eigenvalue weighted by atomic mass is 10.1. The molecular formula is C20H20FNO6. The van der Waals surface area contributed by atoms with Gasteiger partial charge in [-0.15, -0.1) is 0 Å². The summed E-state index contributed by atoms with van der Waals surface area (Å²) in [7, 11) is 3.03. The van der Waals surface area contributed by atoms with Crippen molar-refractivity contribution in [2.75, 3.05) is 34.0 Å². The van der Waals surface area contributed by atoms with Crippen molar-refractivity contribution >= 4 is 11.9 Å². The summed E-state index contributed by atoms with van der Waals surface area (Å²) in [6, 6.07) is 8.79. The molecule has 0 fully saturated rings. The fourth-order valence-corrected chi connectivity index (χ4v) is 2.66. The Morgan fingerprint density at radius 2 is 1.86 bits per heavy atom. The average molecular weight is 389 g/mol. The van der Waals surface area contributed by atoms with Crippen molar-refractivity contribution < 1.29 is 32.9 Å². The first-order valence-corrected chi connectivity index (χ1v) is 8.61. The molecule has 0 saturated heterocycles. The molecule has 0 radical (unpaired) electrons. The molecule has 1 heterocycles. The highest BCUT2D eigenvalue weighted by molar-refractivity contribution is 5.92. The van der Waals surface area contributed by atoms with E-state index in [0.717, 1.165) is 5.56 Å². The molecule has 0 aromatic heterocycles. The van der Waals surface area contributed by atoms with Crippen LogP contribution in [-0.4, -0.2) is 50.8 Å². The Morgan fingerprint density at radius 3 is 2.57 bits per heavy atom. The number of hydrogen-bond donors (Lipinski definition) is 0. The molecule has 1 aliphatic heterocycles. The second-order valence-corrected chi connectivity index (χ2v) is 6.16. The zero-order chi connectivity index (χ0) is 20.1. The quantitative estimate of drug-likeness (QED) is 0.707. The second-order valence-electron chi connectivity index (χ2n) is 6.16. The molecule has 1 amide bonds. The summed E-state index contributed by atoms with van der Waals surface area (Å²) in [5.41, 5.74) is 0.954. The summed E-state index contributed by atoms with van der Waals surface area (Å²) >= 11 is 0. The lowest BCUT2D eigenvalue weighted by Crippen LogP contribution is -2.30. The summed E-state index contributed by atoms with van der Waals surface area (Å²) < 4.78 is 34.3. The third-order valence-electron chi connectivity index (χ3n) is 4.15. The number of carbonyl (C=O) groups is 2. The summed E-state index contributed by atoms with van der Waals surface area (Å²) in [5, 5.41) is 0. The van der Waals surface area contributed by atoms with Crippen LogP contribution in [0.5, 0.6) is 17.2 Å². The van der Waals surface area contributed by atoms with Gasteiger partial charge in [-0.05, 0) is 29.8 Å². The van der Waals surface area contributed by atoms with Gasteiger partial charge in [-0.1, -0.05) is 12.1 Å². The van der Waals surface area contributed by atoms with Gasteiger partial charge in [0.05, 0.1) is 12.7 Å². The highest BCUT2D eigenvalue weighted by atomic mass is 19.1. The largest absolute Gasteiger partial charge is 0.493 e. The van der Waals surface area contributed by atoms with E-state index in [-0.39, 0.29) is 23.8 Å². The van der Waals surface area contributed by atoms with Crippen molar-refractivity contribution in [3.05, 3.63) is 53.3 Å². The Kier molecular flexibility index (Phi) is 5.98. The van der Waals surface area contributed by atoms with Gasteiger partial charge < -0.3 is 23.8 Å². The van der Waals surface area contributed by atoms with E-state index in [0.29, 0.717) is 30.5 Å². The smallest absolute Gasteiger partial charge is 0.338 e. The van der Waals surface area contributed by atoms with E-state index in [2.05, 4.69) is 0 Å². The molecule has 7 nitrogen and oxygen atoms in total. The summed E-state index contributed by atoms with van der Waals surface area (Å²) in [4.78, 5) is 25.9. The van der Waals surface area contributed by atoms with Crippen molar-refractivity contribution in [3.63, 3.8) is 0 Å². The highest BCUT2D eigenvalue weighted by Crippen LogP contribution is 2.40. The molecule has 8 heteroatoms. The molecule has 1 aliphatic rings. The van der Waals surface area contributed by atoms with Gasteiger partial charge in [0, 0.05) is 13.6 Å². The maximum absolute atomic E-state index is 12.9. The lowest BCUT2D eigenvalue weighted by Gasteiger charge is -2.21. The molecule has 148 valence electrons. The van der Waals surface area contributed by atoms with Crippen LogP contribution in [0.3, 0.4) is 0 Å². The van der Waals surface area contributed by atoms with E-state index < -0.39 is 12.6 Å². The first-order valence-electron chi connectivity index (χ1n) is 8.61. The van der Waals surface area contributed by atoms with Crippen molar-refractivity contribution in [2.24, 2.45) is 0 Å². The number of hydrogen-bond acceptors (Lipinski definition) is 6. The van der Waals surface area contributed by atoms with Crippen LogP contribution in [0.15, 0.2) is 36.4 Å². The van der Waals surface area contributed by atoms with Gasteiger partial charge in [0.25, 0.3) is 5.91 Å². The Hall–Kier alpha value is -3.29. The third-order valence-corrected chi connectivity index (χ3v) is 4.15. The van der Waals surface area contributed by atoms with Crippen molar-refractivity contribution in [1.29, 1.82) is 0 Å². The predicted molar refractivity (Wildman–Crippen MR) is 97.1 cm³/mol.